The van der Waals surface area contributed by atoms with Gasteiger partial charge in [0.1, 0.15) is 17.6 Å². The second kappa shape index (κ2) is 10.9. The topological polar surface area (TPSA) is 94.1 Å². The summed E-state index contributed by atoms with van der Waals surface area (Å²) in [5.41, 5.74) is 1.54. The van der Waals surface area contributed by atoms with E-state index in [0.29, 0.717) is 31.1 Å². The number of aliphatic carboxylic acids is 1. The summed E-state index contributed by atoms with van der Waals surface area (Å²) >= 11 is 0. The Morgan fingerprint density at radius 3 is 2.54 bits per heavy atom. The molecule has 0 radical (unpaired) electrons. The molecule has 0 bridgehead atoms. The maximum absolute atomic E-state index is 12.3. The number of carbonyl (C=O) groups is 2. The second-order valence-electron chi connectivity index (χ2n) is 6.16. The fourth-order valence-corrected chi connectivity index (χ4v) is 2.35. The van der Waals surface area contributed by atoms with Crippen LogP contribution in [0.3, 0.4) is 0 Å². The minimum absolute atomic E-state index is 0.0712. The Hall–Kier alpha value is -3.06. The highest BCUT2D eigenvalue weighted by molar-refractivity contribution is 5.93. The summed E-state index contributed by atoms with van der Waals surface area (Å²) in [7, 11) is 1.60. The molecule has 0 aliphatic rings. The first-order chi connectivity index (χ1) is 13.5. The third kappa shape index (κ3) is 7.28. The van der Waals surface area contributed by atoms with Crippen molar-refractivity contribution in [3.63, 3.8) is 0 Å². The first-order valence-corrected chi connectivity index (χ1v) is 8.98. The highest BCUT2D eigenvalue weighted by Gasteiger charge is 2.14. The van der Waals surface area contributed by atoms with E-state index < -0.39 is 12.1 Å². The average molecular weight is 387 g/mol. The number of ether oxygens (including phenoxy) is 3. The van der Waals surface area contributed by atoms with Crippen molar-refractivity contribution >= 4 is 17.6 Å². The Morgan fingerprint density at radius 1 is 1.11 bits per heavy atom. The summed E-state index contributed by atoms with van der Waals surface area (Å²) < 4.78 is 16.3. The third-order valence-corrected chi connectivity index (χ3v) is 3.93. The Balaban J connectivity index is 1.77. The summed E-state index contributed by atoms with van der Waals surface area (Å²) in [6.07, 6.45) is -0.115. The molecule has 2 aromatic carbocycles. The third-order valence-electron chi connectivity index (χ3n) is 3.93. The van der Waals surface area contributed by atoms with E-state index in [4.69, 9.17) is 19.3 Å². The largest absolute Gasteiger partial charge is 0.497 e. The van der Waals surface area contributed by atoms with E-state index in [2.05, 4.69) is 5.32 Å². The number of nitrogens with one attached hydrogen (secondary N) is 1. The van der Waals surface area contributed by atoms with Crippen molar-refractivity contribution < 1.29 is 28.9 Å². The van der Waals surface area contributed by atoms with Gasteiger partial charge in [-0.3, -0.25) is 9.59 Å². The fourth-order valence-electron chi connectivity index (χ4n) is 2.35. The lowest BCUT2D eigenvalue weighted by Crippen LogP contribution is -2.27. The smallest absolute Gasteiger partial charge is 0.303 e. The van der Waals surface area contributed by atoms with E-state index in [9.17, 15) is 9.59 Å². The maximum Gasteiger partial charge on any atom is 0.303 e. The van der Waals surface area contributed by atoms with Gasteiger partial charge in [-0.1, -0.05) is 12.1 Å². The molecule has 0 fully saturated rings. The molecular weight excluding hydrogens is 362 g/mol. The van der Waals surface area contributed by atoms with E-state index in [1.807, 2.05) is 24.3 Å². The van der Waals surface area contributed by atoms with E-state index in [1.165, 1.54) is 0 Å². The van der Waals surface area contributed by atoms with Gasteiger partial charge < -0.3 is 24.6 Å². The van der Waals surface area contributed by atoms with Crippen LogP contribution in [0.15, 0.2) is 48.5 Å². The molecule has 0 spiro atoms. The lowest BCUT2D eigenvalue weighted by atomic mass is 10.2. The van der Waals surface area contributed by atoms with E-state index in [-0.39, 0.29) is 12.3 Å². The molecule has 0 heterocycles. The molecule has 0 aliphatic heterocycles. The fraction of sp³-hybridized carbons (Fsp3) is 0.333. The zero-order valence-corrected chi connectivity index (χ0v) is 16.0. The summed E-state index contributed by atoms with van der Waals surface area (Å²) in [6, 6.07) is 14.4. The molecule has 0 unspecified atom stereocenters. The molecule has 7 heteroatoms. The summed E-state index contributed by atoms with van der Waals surface area (Å²) in [6.45, 7) is 2.32. The molecule has 150 valence electrons. The predicted octanol–water partition coefficient (Wildman–Crippen LogP) is 3.48. The van der Waals surface area contributed by atoms with Crippen molar-refractivity contribution in [1.82, 2.24) is 0 Å². The van der Waals surface area contributed by atoms with Crippen LogP contribution in [-0.4, -0.2) is 36.8 Å². The van der Waals surface area contributed by atoms with Crippen LogP contribution < -0.4 is 14.8 Å². The van der Waals surface area contributed by atoms with Crippen molar-refractivity contribution in [3.05, 3.63) is 54.1 Å². The molecule has 0 aromatic heterocycles. The van der Waals surface area contributed by atoms with Gasteiger partial charge in [0, 0.05) is 12.1 Å². The van der Waals surface area contributed by atoms with E-state index >= 15 is 0 Å². The van der Waals surface area contributed by atoms with Crippen LogP contribution in [0.5, 0.6) is 11.5 Å². The molecule has 2 rings (SSSR count). The van der Waals surface area contributed by atoms with E-state index in [0.717, 1.165) is 11.3 Å². The molecule has 7 nitrogen and oxygen atoms in total. The molecule has 0 saturated carbocycles. The predicted molar refractivity (Wildman–Crippen MR) is 105 cm³/mol. The number of anilines is 1. The van der Waals surface area contributed by atoms with Crippen LogP contribution in [-0.2, 0) is 20.9 Å². The van der Waals surface area contributed by atoms with Crippen molar-refractivity contribution in [2.45, 2.75) is 32.5 Å². The Morgan fingerprint density at radius 2 is 1.86 bits per heavy atom. The molecule has 2 aromatic rings. The first-order valence-electron chi connectivity index (χ1n) is 8.98. The van der Waals surface area contributed by atoms with Gasteiger partial charge in [-0.25, -0.2) is 0 Å². The maximum atomic E-state index is 12.3. The number of hydrogen-bond acceptors (Lipinski definition) is 5. The SMILES string of the molecule is COc1cccc(CO[C@H](C)C(=O)Nc2ccc(OCCCC(=O)O)cc2)c1. The minimum atomic E-state index is -0.843. The molecular formula is C21H25NO6. The van der Waals surface area contributed by atoms with Gasteiger partial charge in [-0.2, -0.15) is 0 Å². The molecule has 2 N–H and O–H groups in total. The highest BCUT2D eigenvalue weighted by Crippen LogP contribution is 2.17. The quantitative estimate of drug-likeness (QED) is 0.573. The van der Waals surface area contributed by atoms with Crippen molar-refractivity contribution in [2.24, 2.45) is 0 Å². The van der Waals surface area contributed by atoms with Crippen LogP contribution in [0.4, 0.5) is 5.69 Å². The van der Waals surface area contributed by atoms with Gasteiger partial charge in [0.15, 0.2) is 0 Å². The van der Waals surface area contributed by atoms with Crippen LogP contribution in [0, 0.1) is 0 Å². The minimum Gasteiger partial charge on any atom is -0.497 e. The number of carboxylic acids is 1. The highest BCUT2D eigenvalue weighted by atomic mass is 16.5. The van der Waals surface area contributed by atoms with Gasteiger partial charge in [-0.05, 0) is 55.3 Å². The summed E-state index contributed by atoms with van der Waals surface area (Å²) in [4.78, 5) is 22.7. The number of hydrogen-bond donors (Lipinski definition) is 2. The Labute approximate surface area is 164 Å². The van der Waals surface area contributed by atoms with Crippen LogP contribution in [0.2, 0.25) is 0 Å². The molecule has 0 aliphatic carbocycles. The standard InChI is InChI=1S/C21H25NO6/c1-15(28-14-16-5-3-6-19(13-16)26-2)21(25)22-17-8-10-18(11-9-17)27-12-4-7-20(23)24/h3,5-6,8-11,13,15H,4,7,12,14H2,1-2H3,(H,22,25)(H,23,24)/t15-/m1/s1. The normalized spacial score (nSPS) is 11.5. The van der Waals surface area contributed by atoms with Crippen LogP contribution >= 0.6 is 0 Å². The lowest BCUT2D eigenvalue weighted by molar-refractivity contribution is -0.137. The second-order valence-corrected chi connectivity index (χ2v) is 6.16. The van der Waals surface area contributed by atoms with Gasteiger partial charge in [-0.15, -0.1) is 0 Å². The summed E-state index contributed by atoms with van der Waals surface area (Å²) in [5.74, 6) is 0.261. The van der Waals surface area contributed by atoms with E-state index in [1.54, 1.807) is 38.3 Å². The Bertz CT molecular complexity index is 775. The van der Waals surface area contributed by atoms with Gasteiger partial charge in [0.25, 0.3) is 5.91 Å². The number of carbonyl (C=O) groups excluding carboxylic acids is 1. The molecule has 1 amide bonds. The Kier molecular flexibility index (Phi) is 8.30. The van der Waals surface area contributed by atoms with Crippen molar-refractivity contribution in [2.75, 3.05) is 19.0 Å². The van der Waals surface area contributed by atoms with Gasteiger partial charge >= 0.3 is 5.97 Å². The number of rotatable bonds is 11. The zero-order chi connectivity index (χ0) is 20.4. The zero-order valence-electron chi connectivity index (χ0n) is 16.0. The van der Waals surface area contributed by atoms with Gasteiger partial charge in [0.2, 0.25) is 0 Å². The number of amides is 1. The van der Waals surface area contributed by atoms with Crippen LogP contribution in [0.25, 0.3) is 0 Å². The van der Waals surface area contributed by atoms with Gasteiger partial charge in [0.05, 0.1) is 20.3 Å². The average Bonchev–Trinajstić information content (AvgIpc) is 2.70. The van der Waals surface area contributed by atoms with Crippen molar-refractivity contribution in [1.29, 1.82) is 0 Å². The number of methoxy groups -OCH3 is 1. The molecule has 28 heavy (non-hydrogen) atoms. The molecule has 1 atom stereocenters. The first kappa shape index (κ1) is 21.2. The monoisotopic (exact) mass is 387 g/mol. The van der Waals surface area contributed by atoms with Crippen LogP contribution in [0.1, 0.15) is 25.3 Å². The number of carboxylic acid groups (broad SMARTS) is 1. The number of benzene rings is 2. The lowest BCUT2D eigenvalue weighted by Gasteiger charge is -2.14. The summed E-state index contributed by atoms with van der Waals surface area (Å²) in [5, 5.41) is 11.4. The molecule has 0 saturated heterocycles. The van der Waals surface area contributed by atoms with Crippen molar-refractivity contribution in [3.8, 4) is 11.5 Å².